The van der Waals surface area contributed by atoms with E-state index in [0.717, 1.165) is 16.7 Å². The second-order valence-corrected chi connectivity index (χ2v) is 4.55. The van der Waals surface area contributed by atoms with Gasteiger partial charge >= 0.3 is 0 Å². The first-order chi connectivity index (χ1) is 9.63. The fraction of sp³-hybridized carbons (Fsp3) is 0.200. The predicted octanol–water partition coefficient (Wildman–Crippen LogP) is 2.97. The Morgan fingerprint density at radius 3 is 2.50 bits per heavy atom. The molecule has 5 nitrogen and oxygen atoms in total. The van der Waals surface area contributed by atoms with Gasteiger partial charge in [0.05, 0.1) is 4.92 Å². The lowest BCUT2D eigenvalue weighted by Gasteiger charge is -2.12. The minimum absolute atomic E-state index is 0.0928. The van der Waals surface area contributed by atoms with E-state index in [1.807, 2.05) is 37.3 Å². The molecule has 0 saturated carbocycles. The number of nitrogens with zero attached hydrogens (tertiary/aromatic N) is 1. The summed E-state index contributed by atoms with van der Waals surface area (Å²) in [6.45, 7) is 2.82. The average molecular weight is 271 g/mol. The third kappa shape index (κ3) is 2.95. The van der Waals surface area contributed by atoms with Gasteiger partial charge in [-0.05, 0) is 23.6 Å². The first kappa shape index (κ1) is 14.0. The van der Waals surface area contributed by atoms with E-state index in [1.54, 1.807) is 6.07 Å². The topological polar surface area (TPSA) is 81.2 Å². The standard InChI is InChI=1S/C15H17N3O2/c1-11-5-4-8-14(18(19)20)15(11)17-10-13-7-3-2-6-12(13)9-16/h2-8,17H,9-10,16H2,1H3. The van der Waals surface area contributed by atoms with E-state index in [-0.39, 0.29) is 10.6 Å². The highest BCUT2D eigenvalue weighted by atomic mass is 16.6. The maximum Gasteiger partial charge on any atom is 0.292 e. The molecule has 0 unspecified atom stereocenters. The number of nitro benzene ring substituents is 1. The Kier molecular flexibility index (Phi) is 4.32. The summed E-state index contributed by atoms with van der Waals surface area (Å²) in [6, 6.07) is 12.8. The highest BCUT2D eigenvalue weighted by Crippen LogP contribution is 2.28. The van der Waals surface area contributed by atoms with Crippen molar-refractivity contribution in [2.75, 3.05) is 5.32 Å². The van der Waals surface area contributed by atoms with E-state index in [0.29, 0.717) is 18.8 Å². The van der Waals surface area contributed by atoms with Crippen LogP contribution in [-0.2, 0) is 13.1 Å². The van der Waals surface area contributed by atoms with E-state index in [1.165, 1.54) is 6.07 Å². The molecule has 0 atom stereocenters. The molecule has 0 bridgehead atoms. The van der Waals surface area contributed by atoms with Crippen LogP contribution in [0, 0.1) is 17.0 Å². The third-order valence-electron chi connectivity index (χ3n) is 3.24. The zero-order valence-corrected chi connectivity index (χ0v) is 11.3. The zero-order chi connectivity index (χ0) is 14.5. The van der Waals surface area contributed by atoms with Crippen LogP contribution in [0.4, 0.5) is 11.4 Å². The van der Waals surface area contributed by atoms with E-state index in [2.05, 4.69) is 5.32 Å². The van der Waals surface area contributed by atoms with Crippen LogP contribution in [0.15, 0.2) is 42.5 Å². The molecule has 2 rings (SSSR count). The summed E-state index contributed by atoms with van der Waals surface area (Å²) < 4.78 is 0. The van der Waals surface area contributed by atoms with Crippen LogP contribution in [-0.4, -0.2) is 4.92 Å². The predicted molar refractivity (Wildman–Crippen MR) is 79.5 cm³/mol. The Morgan fingerprint density at radius 2 is 1.85 bits per heavy atom. The molecule has 104 valence electrons. The molecule has 0 aliphatic carbocycles. The van der Waals surface area contributed by atoms with Gasteiger partial charge in [0.25, 0.3) is 5.69 Å². The molecular formula is C15H17N3O2. The second-order valence-electron chi connectivity index (χ2n) is 4.55. The summed E-state index contributed by atoms with van der Waals surface area (Å²) in [5.41, 5.74) is 9.28. The van der Waals surface area contributed by atoms with Crippen LogP contribution >= 0.6 is 0 Å². The number of hydrogen-bond donors (Lipinski definition) is 2. The molecule has 0 spiro atoms. The number of anilines is 1. The Bertz CT molecular complexity index is 626. The van der Waals surface area contributed by atoms with Crippen molar-refractivity contribution in [3.63, 3.8) is 0 Å². The fourth-order valence-electron chi connectivity index (χ4n) is 2.15. The molecule has 0 aliphatic heterocycles. The number of rotatable bonds is 5. The van der Waals surface area contributed by atoms with Gasteiger partial charge in [-0.1, -0.05) is 36.4 Å². The number of nitro groups is 1. The van der Waals surface area contributed by atoms with Gasteiger partial charge in [0.2, 0.25) is 0 Å². The summed E-state index contributed by atoms with van der Waals surface area (Å²) in [7, 11) is 0. The molecule has 0 aromatic heterocycles. The van der Waals surface area contributed by atoms with Crippen molar-refractivity contribution in [1.29, 1.82) is 0 Å². The molecule has 0 radical (unpaired) electrons. The number of para-hydroxylation sites is 1. The molecule has 2 aromatic carbocycles. The summed E-state index contributed by atoms with van der Waals surface area (Å²) >= 11 is 0. The van der Waals surface area contributed by atoms with Crippen molar-refractivity contribution in [1.82, 2.24) is 0 Å². The summed E-state index contributed by atoms with van der Waals surface area (Å²) in [5, 5.41) is 14.2. The van der Waals surface area contributed by atoms with Crippen LogP contribution in [0.3, 0.4) is 0 Å². The van der Waals surface area contributed by atoms with E-state index >= 15 is 0 Å². The first-order valence-corrected chi connectivity index (χ1v) is 6.38. The van der Waals surface area contributed by atoms with Crippen molar-refractivity contribution < 1.29 is 4.92 Å². The van der Waals surface area contributed by atoms with Crippen LogP contribution in [0.1, 0.15) is 16.7 Å². The number of aryl methyl sites for hydroxylation is 1. The molecule has 3 N–H and O–H groups in total. The molecular weight excluding hydrogens is 254 g/mol. The van der Waals surface area contributed by atoms with E-state index < -0.39 is 0 Å². The number of benzene rings is 2. The van der Waals surface area contributed by atoms with E-state index in [4.69, 9.17) is 5.73 Å². The lowest BCUT2D eigenvalue weighted by Crippen LogP contribution is -2.08. The van der Waals surface area contributed by atoms with Gasteiger partial charge in [-0.15, -0.1) is 0 Å². The van der Waals surface area contributed by atoms with Crippen molar-refractivity contribution >= 4 is 11.4 Å². The SMILES string of the molecule is Cc1cccc([N+](=O)[O-])c1NCc1ccccc1CN. The number of nitrogens with two attached hydrogens (primary N) is 1. The van der Waals surface area contributed by atoms with Crippen molar-refractivity contribution in [2.24, 2.45) is 5.73 Å². The Balaban J connectivity index is 2.25. The number of hydrogen-bond acceptors (Lipinski definition) is 4. The molecule has 20 heavy (non-hydrogen) atoms. The van der Waals surface area contributed by atoms with Gasteiger partial charge < -0.3 is 11.1 Å². The van der Waals surface area contributed by atoms with Gasteiger partial charge in [0.15, 0.2) is 0 Å². The summed E-state index contributed by atoms with van der Waals surface area (Å²) in [5.74, 6) is 0. The third-order valence-corrected chi connectivity index (χ3v) is 3.24. The largest absolute Gasteiger partial charge is 0.375 e. The van der Waals surface area contributed by atoms with Gasteiger partial charge in [-0.25, -0.2) is 0 Å². The van der Waals surface area contributed by atoms with Crippen molar-refractivity contribution in [3.8, 4) is 0 Å². The van der Waals surface area contributed by atoms with Gasteiger partial charge in [0, 0.05) is 19.2 Å². The number of nitrogens with one attached hydrogen (secondary N) is 1. The Morgan fingerprint density at radius 1 is 1.15 bits per heavy atom. The van der Waals surface area contributed by atoms with Crippen LogP contribution in [0.5, 0.6) is 0 Å². The first-order valence-electron chi connectivity index (χ1n) is 6.38. The summed E-state index contributed by atoms with van der Waals surface area (Å²) in [4.78, 5) is 10.7. The molecule has 0 heterocycles. The van der Waals surface area contributed by atoms with Gasteiger partial charge in [-0.2, -0.15) is 0 Å². The highest BCUT2D eigenvalue weighted by molar-refractivity contribution is 5.66. The highest BCUT2D eigenvalue weighted by Gasteiger charge is 2.15. The van der Waals surface area contributed by atoms with Crippen LogP contribution in [0.2, 0.25) is 0 Å². The Labute approximate surface area is 117 Å². The zero-order valence-electron chi connectivity index (χ0n) is 11.3. The normalized spacial score (nSPS) is 10.3. The maximum absolute atomic E-state index is 11.1. The minimum Gasteiger partial charge on any atom is -0.375 e. The van der Waals surface area contributed by atoms with Gasteiger partial charge in [0.1, 0.15) is 5.69 Å². The maximum atomic E-state index is 11.1. The monoisotopic (exact) mass is 271 g/mol. The molecule has 0 amide bonds. The van der Waals surface area contributed by atoms with Gasteiger partial charge in [-0.3, -0.25) is 10.1 Å². The lowest BCUT2D eigenvalue weighted by molar-refractivity contribution is -0.384. The van der Waals surface area contributed by atoms with Crippen LogP contribution in [0.25, 0.3) is 0 Å². The molecule has 2 aromatic rings. The Hall–Kier alpha value is -2.40. The molecule has 0 aliphatic rings. The van der Waals surface area contributed by atoms with Crippen molar-refractivity contribution in [2.45, 2.75) is 20.0 Å². The fourth-order valence-corrected chi connectivity index (χ4v) is 2.15. The minimum atomic E-state index is -0.371. The molecule has 0 saturated heterocycles. The van der Waals surface area contributed by atoms with Crippen LogP contribution < -0.4 is 11.1 Å². The smallest absolute Gasteiger partial charge is 0.292 e. The molecule has 0 fully saturated rings. The lowest BCUT2D eigenvalue weighted by atomic mass is 10.1. The molecule has 5 heteroatoms. The van der Waals surface area contributed by atoms with E-state index in [9.17, 15) is 10.1 Å². The average Bonchev–Trinajstić information content (AvgIpc) is 2.46. The summed E-state index contributed by atoms with van der Waals surface area (Å²) in [6.07, 6.45) is 0. The quantitative estimate of drug-likeness (QED) is 0.647. The second kappa shape index (κ2) is 6.16. The van der Waals surface area contributed by atoms with Crippen molar-refractivity contribution in [3.05, 3.63) is 69.3 Å².